The number of aliphatic carboxylic acids is 2. The molecule has 0 aromatic heterocycles. The number of carboxylic acid groups (broad SMARTS) is 2. The van der Waals surface area contributed by atoms with Gasteiger partial charge in [-0.3, -0.25) is 0 Å². The Bertz CT molecular complexity index is 325. The third-order valence-corrected chi connectivity index (χ3v) is 4.69. The lowest BCUT2D eigenvalue weighted by atomic mass is 10.0. The summed E-state index contributed by atoms with van der Waals surface area (Å²) in [5.41, 5.74) is 0. The van der Waals surface area contributed by atoms with Crippen molar-refractivity contribution < 1.29 is 29.4 Å². The Morgan fingerprint density at radius 2 is 1.55 bits per heavy atom. The van der Waals surface area contributed by atoms with Crippen molar-refractivity contribution in [2.75, 3.05) is 19.7 Å². The normalized spacial score (nSPS) is 16.7. The van der Waals surface area contributed by atoms with Gasteiger partial charge in [-0.05, 0) is 26.7 Å². The lowest BCUT2D eigenvalue weighted by molar-refractivity contribution is -0.956. The van der Waals surface area contributed by atoms with E-state index in [0.717, 1.165) is 32.1 Å². The first-order valence-corrected chi connectivity index (χ1v) is 8.24. The molecule has 0 spiro atoms. The number of nitrogens with zero attached hydrogens (tertiary/aromatic N) is 1. The number of unbranched alkanes of at least 4 members (excludes halogenated alkanes) is 5. The van der Waals surface area contributed by atoms with Gasteiger partial charge in [0.25, 0.3) is 0 Å². The highest BCUT2D eigenvalue weighted by atomic mass is 16.4. The molecule has 0 aromatic rings. The summed E-state index contributed by atoms with van der Waals surface area (Å²) in [6.45, 7) is 5.41. The first-order valence-electron chi connectivity index (χ1n) is 8.24. The molecule has 0 saturated heterocycles. The van der Waals surface area contributed by atoms with E-state index in [1.165, 1.54) is 20.3 Å². The van der Waals surface area contributed by atoms with Gasteiger partial charge in [-0.15, -0.1) is 0 Å². The van der Waals surface area contributed by atoms with E-state index in [9.17, 15) is 24.9 Å². The second kappa shape index (κ2) is 10.6. The first kappa shape index (κ1) is 20.9. The van der Waals surface area contributed by atoms with Crippen LogP contribution in [0.2, 0.25) is 0 Å². The smallest absolute Gasteiger partial charge is 0.362 e. The molecule has 0 amide bonds. The summed E-state index contributed by atoms with van der Waals surface area (Å²) in [7, 11) is 0. The van der Waals surface area contributed by atoms with E-state index in [0.29, 0.717) is 6.54 Å². The van der Waals surface area contributed by atoms with Crippen LogP contribution in [-0.4, -0.2) is 58.4 Å². The van der Waals surface area contributed by atoms with Crippen LogP contribution >= 0.6 is 0 Å². The molecule has 0 aliphatic heterocycles. The Balaban J connectivity index is 4.96. The van der Waals surface area contributed by atoms with Gasteiger partial charge in [0.05, 0.1) is 19.1 Å². The molecule has 0 fully saturated rings. The standard InChI is InChI=1S/C16H31NO5/c1-4-5-6-7-8-9-10-17(11-12-18,13(2)15(19)20)14(3)16(21)22/h13-14,18H,4-12H2,1-3H3,(H-,19,20,21,22). The maximum atomic E-state index is 11.4. The van der Waals surface area contributed by atoms with Gasteiger partial charge in [0.15, 0.2) is 6.04 Å². The molecule has 0 saturated carbocycles. The molecule has 130 valence electrons. The van der Waals surface area contributed by atoms with E-state index in [1.807, 2.05) is 0 Å². The van der Waals surface area contributed by atoms with Crippen molar-refractivity contribution in [1.82, 2.24) is 0 Å². The number of carboxylic acids is 2. The molecule has 22 heavy (non-hydrogen) atoms. The van der Waals surface area contributed by atoms with Crippen LogP contribution in [0.15, 0.2) is 0 Å². The Morgan fingerprint density at radius 3 is 2.00 bits per heavy atom. The Hall–Kier alpha value is -1.14. The minimum atomic E-state index is -1.27. The molecule has 0 heterocycles. The molecule has 0 aliphatic carbocycles. The van der Waals surface area contributed by atoms with Gasteiger partial charge in [-0.1, -0.05) is 32.6 Å². The van der Waals surface area contributed by atoms with Gasteiger partial charge >= 0.3 is 5.97 Å². The summed E-state index contributed by atoms with van der Waals surface area (Å²) < 4.78 is -0.165. The molecule has 0 bridgehead atoms. The molecule has 3 atom stereocenters. The van der Waals surface area contributed by atoms with E-state index in [4.69, 9.17) is 0 Å². The van der Waals surface area contributed by atoms with E-state index in [1.54, 1.807) is 0 Å². The van der Waals surface area contributed by atoms with Crippen LogP contribution in [0.3, 0.4) is 0 Å². The average Bonchev–Trinajstić information content (AvgIpc) is 2.47. The summed E-state index contributed by atoms with van der Waals surface area (Å²) in [6.07, 6.45) is 6.23. The number of aliphatic hydroxyl groups is 1. The number of hydrogen-bond donors (Lipinski definition) is 2. The zero-order chi connectivity index (χ0) is 17.2. The predicted octanol–water partition coefficient (Wildman–Crippen LogP) is 0.768. The first-order chi connectivity index (χ1) is 10.3. The number of rotatable bonds is 13. The fourth-order valence-corrected chi connectivity index (χ4v) is 3.02. The van der Waals surface area contributed by atoms with Crippen LogP contribution < -0.4 is 5.11 Å². The number of carbonyl (C=O) groups is 2. The Labute approximate surface area is 133 Å². The second-order valence-electron chi connectivity index (χ2n) is 6.05. The zero-order valence-electron chi connectivity index (χ0n) is 14.1. The average molecular weight is 317 g/mol. The lowest BCUT2D eigenvalue weighted by Crippen LogP contribution is -2.67. The van der Waals surface area contributed by atoms with Gasteiger partial charge in [-0.25, -0.2) is 4.79 Å². The molecule has 6 nitrogen and oxygen atoms in total. The van der Waals surface area contributed by atoms with Crippen LogP contribution in [0.1, 0.15) is 59.3 Å². The summed E-state index contributed by atoms with van der Waals surface area (Å²) in [6, 6.07) is -1.86. The molecule has 0 rings (SSSR count). The maximum Gasteiger partial charge on any atom is 0.362 e. The molecular formula is C16H31NO5. The highest BCUT2D eigenvalue weighted by molar-refractivity contribution is 5.73. The summed E-state index contributed by atoms with van der Waals surface area (Å²) in [5.74, 6) is -2.32. The van der Waals surface area contributed by atoms with Gasteiger partial charge in [0.2, 0.25) is 0 Å². The fourth-order valence-electron chi connectivity index (χ4n) is 3.02. The molecule has 2 N–H and O–H groups in total. The Kier molecular flexibility index (Phi) is 10.0. The van der Waals surface area contributed by atoms with Gasteiger partial charge in [0, 0.05) is 0 Å². The summed E-state index contributed by atoms with van der Waals surface area (Å²) >= 11 is 0. The molecule has 6 heteroatoms. The van der Waals surface area contributed by atoms with Crippen molar-refractivity contribution in [3.05, 3.63) is 0 Å². The van der Waals surface area contributed by atoms with Crippen LogP contribution in [0.25, 0.3) is 0 Å². The quantitative estimate of drug-likeness (QED) is 0.386. The molecular weight excluding hydrogens is 286 g/mol. The summed E-state index contributed by atoms with van der Waals surface area (Å²) in [4.78, 5) is 22.7. The number of hydrogen-bond acceptors (Lipinski definition) is 4. The lowest BCUT2D eigenvalue weighted by Gasteiger charge is -2.46. The van der Waals surface area contributed by atoms with Crippen LogP contribution in [0.4, 0.5) is 0 Å². The topological polar surface area (TPSA) is 97.7 Å². The van der Waals surface area contributed by atoms with Gasteiger partial charge < -0.3 is 24.6 Å². The number of quaternary nitrogens is 1. The van der Waals surface area contributed by atoms with Crippen LogP contribution in [0, 0.1) is 0 Å². The molecule has 0 aromatic carbocycles. The second-order valence-corrected chi connectivity index (χ2v) is 6.05. The minimum Gasteiger partial charge on any atom is -0.544 e. The van der Waals surface area contributed by atoms with E-state index >= 15 is 0 Å². The molecule has 0 radical (unpaired) electrons. The van der Waals surface area contributed by atoms with Crippen LogP contribution in [0.5, 0.6) is 0 Å². The van der Waals surface area contributed by atoms with E-state index < -0.39 is 24.0 Å². The minimum absolute atomic E-state index is 0.109. The van der Waals surface area contributed by atoms with Gasteiger partial charge in [0.1, 0.15) is 12.6 Å². The molecule has 3 unspecified atom stereocenters. The van der Waals surface area contributed by atoms with Gasteiger partial charge in [-0.2, -0.15) is 0 Å². The Morgan fingerprint density at radius 1 is 1.00 bits per heavy atom. The highest BCUT2D eigenvalue weighted by Gasteiger charge is 2.43. The zero-order valence-corrected chi connectivity index (χ0v) is 14.1. The van der Waals surface area contributed by atoms with E-state index in [2.05, 4.69) is 6.92 Å². The van der Waals surface area contributed by atoms with Crippen molar-refractivity contribution >= 4 is 11.9 Å². The maximum absolute atomic E-state index is 11.4. The number of aliphatic hydroxyl groups excluding tert-OH is 1. The van der Waals surface area contributed by atoms with Crippen molar-refractivity contribution in [2.45, 2.75) is 71.4 Å². The van der Waals surface area contributed by atoms with Crippen molar-refractivity contribution in [3.63, 3.8) is 0 Å². The van der Waals surface area contributed by atoms with Crippen LogP contribution in [-0.2, 0) is 9.59 Å². The number of carbonyl (C=O) groups excluding carboxylic acids is 1. The van der Waals surface area contributed by atoms with Crippen molar-refractivity contribution in [1.29, 1.82) is 0 Å². The van der Waals surface area contributed by atoms with Crippen molar-refractivity contribution in [3.8, 4) is 0 Å². The van der Waals surface area contributed by atoms with E-state index in [-0.39, 0.29) is 17.6 Å². The fraction of sp³-hybridized carbons (Fsp3) is 0.875. The molecule has 0 aliphatic rings. The van der Waals surface area contributed by atoms with Crippen molar-refractivity contribution in [2.24, 2.45) is 0 Å². The SMILES string of the molecule is CCCCCCCC[N+](CCO)(C(C)C(=O)[O-])C(C)C(=O)O. The summed E-state index contributed by atoms with van der Waals surface area (Å²) in [5, 5.41) is 30.0. The largest absolute Gasteiger partial charge is 0.544 e. The third-order valence-electron chi connectivity index (χ3n) is 4.69. The monoisotopic (exact) mass is 317 g/mol. The third kappa shape index (κ3) is 5.93. The highest BCUT2D eigenvalue weighted by Crippen LogP contribution is 2.22. The predicted molar refractivity (Wildman–Crippen MR) is 82.0 cm³/mol.